The van der Waals surface area contributed by atoms with Gasteiger partial charge in [0.25, 0.3) is 0 Å². The fourth-order valence-electron chi connectivity index (χ4n) is 2.28. The fourth-order valence-corrected chi connectivity index (χ4v) is 2.28. The van der Waals surface area contributed by atoms with Gasteiger partial charge in [-0.25, -0.2) is 0 Å². The van der Waals surface area contributed by atoms with Gasteiger partial charge in [-0.15, -0.1) is 6.58 Å². The van der Waals surface area contributed by atoms with Crippen LogP contribution in [0.5, 0.6) is 0 Å². The molecular formula is C12H24N2. The van der Waals surface area contributed by atoms with E-state index in [2.05, 4.69) is 30.8 Å². The van der Waals surface area contributed by atoms with Crippen LogP contribution in [0, 0.1) is 5.92 Å². The van der Waals surface area contributed by atoms with E-state index in [4.69, 9.17) is 0 Å². The molecule has 1 fully saturated rings. The van der Waals surface area contributed by atoms with Crippen molar-refractivity contribution in [1.29, 1.82) is 0 Å². The maximum absolute atomic E-state index is 3.76. The van der Waals surface area contributed by atoms with E-state index < -0.39 is 0 Å². The quantitative estimate of drug-likeness (QED) is 0.675. The molecule has 1 heterocycles. The summed E-state index contributed by atoms with van der Waals surface area (Å²) in [5.41, 5.74) is 0. The van der Waals surface area contributed by atoms with Crippen LogP contribution in [0.15, 0.2) is 12.7 Å². The highest BCUT2D eigenvalue weighted by Crippen LogP contribution is 2.19. The molecule has 2 atom stereocenters. The first-order valence-electron chi connectivity index (χ1n) is 5.79. The summed E-state index contributed by atoms with van der Waals surface area (Å²) >= 11 is 0. The highest BCUT2D eigenvalue weighted by molar-refractivity contribution is 4.81. The minimum atomic E-state index is 0.693. The second kappa shape index (κ2) is 6.20. The molecule has 0 radical (unpaired) electrons. The monoisotopic (exact) mass is 196 g/mol. The zero-order valence-corrected chi connectivity index (χ0v) is 9.63. The molecule has 14 heavy (non-hydrogen) atoms. The minimum absolute atomic E-state index is 0.693. The van der Waals surface area contributed by atoms with Crippen LogP contribution in [0.1, 0.15) is 26.2 Å². The van der Waals surface area contributed by atoms with Gasteiger partial charge < -0.3 is 10.2 Å². The molecule has 82 valence electrons. The number of rotatable bonds is 5. The smallest absolute Gasteiger partial charge is 0.0197 e. The molecule has 0 aromatic rings. The Labute approximate surface area is 88.4 Å². The number of piperidine rings is 1. The number of likely N-dealkylation sites (N-methyl/N-ethyl adjacent to an activating group) is 1. The maximum atomic E-state index is 3.76. The average Bonchev–Trinajstić information content (AvgIpc) is 2.18. The van der Waals surface area contributed by atoms with Crippen LogP contribution >= 0.6 is 0 Å². The van der Waals surface area contributed by atoms with Gasteiger partial charge in [0.15, 0.2) is 0 Å². The highest BCUT2D eigenvalue weighted by Gasteiger charge is 2.20. The van der Waals surface area contributed by atoms with Crippen LogP contribution in [0.25, 0.3) is 0 Å². The summed E-state index contributed by atoms with van der Waals surface area (Å²) in [7, 11) is 2.17. The van der Waals surface area contributed by atoms with Crippen LogP contribution in [0.3, 0.4) is 0 Å². The summed E-state index contributed by atoms with van der Waals surface area (Å²) in [4.78, 5) is 2.34. The molecule has 1 rings (SSSR count). The lowest BCUT2D eigenvalue weighted by Gasteiger charge is -2.32. The van der Waals surface area contributed by atoms with Crippen molar-refractivity contribution in [3.63, 3.8) is 0 Å². The highest BCUT2D eigenvalue weighted by atomic mass is 15.1. The Balaban J connectivity index is 2.26. The van der Waals surface area contributed by atoms with E-state index >= 15 is 0 Å². The van der Waals surface area contributed by atoms with Crippen molar-refractivity contribution in [3.8, 4) is 0 Å². The summed E-state index contributed by atoms with van der Waals surface area (Å²) < 4.78 is 0. The maximum Gasteiger partial charge on any atom is 0.0197 e. The van der Waals surface area contributed by atoms with E-state index in [1.54, 1.807) is 0 Å². The van der Waals surface area contributed by atoms with Crippen molar-refractivity contribution in [1.82, 2.24) is 10.2 Å². The van der Waals surface area contributed by atoms with Gasteiger partial charge in [0.1, 0.15) is 0 Å². The van der Waals surface area contributed by atoms with Crippen molar-refractivity contribution < 1.29 is 0 Å². The van der Waals surface area contributed by atoms with Gasteiger partial charge >= 0.3 is 0 Å². The third-order valence-electron chi connectivity index (χ3n) is 3.15. The van der Waals surface area contributed by atoms with Crippen molar-refractivity contribution in [3.05, 3.63) is 12.7 Å². The number of hydrogen-bond acceptors (Lipinski definition) is 2. The zero-order valence-electron chi connectivity index (χ0n) is 9.63. The van der Waals surface area contributed by atoms with Gasteiger partial charge in [-0.05, 0) is 32.4 Å². The summed E-state index contributed by atoms with van der Waals surface area (Å²) in [6, 6.07) is 0.693. The number of nitrogens with zero attached hydrogens (tertiary/aromatic N) is 1. The molecule has 0 aliphatic carbocycles. The third-order valence-corrected chi connectivity index (χ3v) is 3.15. The number of hydrogen-bond donors (Lipinski definition) is 1. The number of nitrogens with one attached hydrogen (secondary N) is 1. The van der Waals surface area contributed by atoms with Crippen LogP contribution in [-0.4, -0.2) is 37.6 Å². The van der Waals surface area contributed by atoms with E-state index in [-0.39, 0.29) is 0 Å². The van der Waals surface area contributed by atoms with Crippen LogP contribution in [0.2, 0.25) is 0 Å². The van der Waals surface area contributed by atoms with E-state index in [9.17, 15) is 0 Å². The molecule has 0 aromatic carbocycles. The normalized spacial score (nSPS) is 27.9. The molecule has 2 heteroatoms. The minimum Gasteiger partial charge on any atom is -0.313 e. The summed E-state index contributed by atoms with van der Waals surface area (Å²) in [6.07, 6.45) is 6.01. The van der Waals surface area contributed by atoms with Crippen molar-refractivity contribution in [2.24, 2.45) is 5.92 Å². The molecule has 0 saturated carbocycles. The van der Waals surface area contributed by atoms with E-state index in [1.165, 1.54) is 25.8 Å². The molecular weight excluding hydrogens is 172 g/mol. The van der Waals surface area contributed by atoms with E-state index in [0.717, 1.165) is 19.0 Å². The van der Waals surface area contributed by atoms with Crippen molar-refractivity contribution >= 4 is 0 Å². The molecule has 0 amide bonds. The second-order valence-electron chi connectivity index (χ2n) is 4.46. The molecule has 2 unspecified atom stereocenters. The first-order chi connectivity index (χ1) is 6.76. The zero-order chi connectivity index (χ0) is 10.4. The molecule has 2 nitrogen and oxygen atoms in total. The Kier molecular flexibility index (Phi) is 5.20. The van der Waals surface area contributed by atoms with Crippen LogP contribution < -0.4 is 5.32 Å². The van der Waals surface area contributed by atoms with Gasteiger partial charge in [-0.3, -0.25) is 0 Å². The first-order valence-corrected chi connectivity index (χ1v) is 5.79. The molecule has 1 N–H and O–H groups in total. The van der Waals surface area contributed by atoms with Crippen molar-refractivity contribution in [2.45, 2.75) is 32.2 Å². The fraction of sp³-hybridized carbons (Fsp3) is 0.833. The van der Waals surface area contributed by atoms with Gasteiger partial charge in [0, 0.05) is 19.1 Å². The SMILES string of the molecule is C=CCN(C)CC1CC(CC)CCN1. The lowest BCUT2D eigenvalue weighted by atomic mass is 9.90. The van der Waals surface area contributed by atoms with Gasteiger partial charge in [-0.2, -0.15) is 0 Å². The summed E-state index contributed by atoms with van der Waals surface area (Å²) in [5, 5.41) is 3.60. The summed E-state index contributed by atoms with van der Waals surface area (Å²) in [6.45, 7) is 9.42. The standard InChI is InChI=1S/C12H24N2/c1-4-8-14(3)10-12-9-11(5-2)6-7-13-12/h4,11-13H,1,5-10H2,2-3H3. The lowest BCUT2D eigenvalue weighted by Crippen LogP contribution is -2.44. The Morgan fingerprint density at radius 1 is 1.57 bits per heavy atom. The average molecular weight is 196 g/mol. The predicted octanol–water partition coefficient (Wildman–Crippen LogP) is 1.88. The Morgan fingerprint density at radius 3 is 3.00 bits per heavy atom. The largest absolute Gasteiger partial charge is 0.313 e. The molecule has 1 aliphatic rings. The molecule has 0 spiro atoms. The van der Waals surface area contributed by atoms with E-state index in [0.29, 0.717) is 6.04 Å². The topological polar surface area (TPSA) is 15.3 Å². The van der Waals surface area contributed by atoms with Crippen molar-refractivity contribution in [2.75, 3.05) is 26.7 Å². The Hall–Kier alpha value is -0.340. The predicted molar refractivity (Wildman–Crippen MR) is 62.5 cm³/mol. The molecule has 0 aromatic heterocycles. The van der Waals surface area contributed by atoms with Crippen LogP contribution in [-0.2, 0) is 0 Å². The van der Waals surface area contributed by atoms with Gasteiger partial charge in [-0.1, -0.05) is 19.4 Å². The summed E-state index contributed by atoms with van der Waals surface area (Å²) in [5.74, 6) is 0.943. The molecule has 1 saturated heterocycles. The molecule has 1 aliphatic heterocycles. The van der Waals surface area contributed by atoms with Gasteiger partial charge in [0.2, 0.25) is 0 Å². The van der Waals surface area contributed by atoms with E-state index in [1.807, 2.05) is 6.08 Å². The third kappa shape index (κ3) is 3.81. The molecule has 0 bridgehead atoms. The second-order valence-corrected chi connectivity index (χ2v) is 4.46. The lowest BCUT2D eigenvalue weighted by molar-refractivity contribution is 0.235. The van der Waals surface area contributed by atoms with Crippen LogP contribution in [0.4, 0.5) is 0 Å². The first kappa shape index (κ1) is 11.7. The Bertz CT molecular complexity index is 168. The Morgan fingerprint density at radius 2 is 2.36 bits per heavy atom. The van der Waals surface area contributed by atoms with Gasteiger partial charge in [0.05, 0.1) is 0 Å².